The van der Waals surface area contributed by atoms with Crippen LogP contribution >= 0.6 is 0 Å². The number of hydrogen-bond acceptors (Lipinski definition) is 5. The highest BCUT2D eigenvalue weighted by atomic mass is 16.4. The minimum Gasteiger partial charge on any atom is -0.480 e. The van der Waals surface area contributed by atoms with Gasteiger partial charge in [-0.05, 0) is 6.92 Å². The van der Waals surface area contributed by atoms with E-state index >= 15 is 0 Å². The minimum atomic E-state index is -1.05. The number of nitrogens with one attached hydrogen (secondary N) is 1. The molecule has 0 saturated heterocycles. The van der Waals surface area contributed by atoms with E-state index in [1.54, 1.807) is 6.92 Å². The van der Waals surface area contributed by atoms with E-state index < -0.39 is 12.0 Å². The topological polar surface area (TPSA) is 112 Å². The predicted octanol–water partition coefficient (Wildman–Crippen LogP) is 1.28. The number of aromatic nitrogens is 4. The lowest BCUT2D eigenvalue weighted by Crippen LogP contribution is -2.49. The number of carboxylic acids is 1. The number of imidazole rings is 1. The summed E-state index contributed by atoms with van der Waals surface area (Å²) in [6.45, 7) is 5.86. The fourth-order valence-electron chi connectivity index (χ4n) is 2.80. The molecule has 2 N–H and O–H groups in total. The van der Waals surface area contributed by atoms with Crippen molar-refractivity contribution in [3.8, 4) is 0 Å². The Labute approximate surface area is 139 Å². The molecule has 1 aliphatic rings. The second-order valence-corrected chi connectivity index (χ2v) is 6.20. The van der Waals surface area contributed by atoms with Gasteiger partial charge in [0.05, 0.1) is 35.5 Å². The van der Waals surface area contributed by atoms with Crippen molar-refractivity contribution in [2.75, 3.05) is 0 Å². The molecule has 2 aromatic rings. The number of H-pyrrole nitrogens is 1. The molecule has 0 spiro atoms. The maximum Gasteiger partial charge on any atom is 0.326 e. The number of amides is 1. The second kappa shape index (κ2) is 6.03. The summed E-state index contributed by atoms with van der Waals surface area (Å²) in [4.78, 5) is 41.5. The molecular formula is C16H19N5O3. The molecule has 8 heteroatoms. The molecule has 126 valence electrons. The average molecular weight is 329 g/mol. The van der Waals surface area contributed by atoms with Crippen LogP contribution in [0.15, 0.2) is 12.5 Å². The summed E-state index contributed by atoms with van der Waals surface area (Å²) in [5, 5.41) is 9.49. The number of carbonyl (C=O) groups excluding carboxylic acids is 1. The number of nitrogens with zero attached hydrogens (tertiary/aromatic N) is 4. The SMILES string of the molecule is Cc1nc(C(C)C)ncc1C(=O)N1Cc2[nH]cnc2C[C@H]1C(=O)O. The van der Waals surface area contributed by atoms with Gasteiger partial charge in [0, 0.05) is 18.5 Å². The third-order valence-electron chi connectivity index (χ3n) is 4.19. The van der Waals surface area contributed by atoms with E-state index in [9.17, 15) is 14.7 Å². The van der Waals surface area contributed by atoms with Gasteiger partial charge in [-0.15, -0.1) is 0 Å². The fraction of sp³-hybridized carbons (Fsp3) is 0.438. The van der Waals surface area contributed by atoms with E-state index in [0.29, 0.717) is 22.8 Å². The van der Waals surface area contributed by atoms with Gasteiger partial charge in [0.2, 0.25) is 0 Å². The molecule has 1 atom stereocenters. The summed E-state index contributed by atoms with van der Waals surface area (Å²) < 4.78 is 0. The van der Waals surface area contributed by atoms with Crippen molar-refractivity contribution in [2.45, 2.75) is 45.7 Å². The first-order valence-corrected chi connectivity index (χ1v) is 7.77. The van der Waals surface area contributed by atoms with Crippen molar-refractivity contribution < 1.29 is 14.7 Å². The van der Waals surface area contributed by atoms with E-state index in [4.69, 9.17) is 0 Å². The molecule has 1 aliphatic heterocycles. The number of carbonyl (C=O) groups is 2. The molecule has 1 amide bonds. The Balaban J connectivity index is 1.95. The smallest absolute Gasteiger partial charge is 0.326 e. The first-order valence-electron chi connectivity index (χ1n) is 7.77. The Morgan fingerprint density at radius 2 is 2.12 bits per heavy atom. The van der Waals surface area contributed by atoms with Gasteiger partial charge < -0.3 is 15.0 Å². The third-order valence-corrected chi connectivity index (χ3v) is 4.19. The van der Waals surface area contributed by atoms with Crippen molar-refractivity contribution >= 4 is 11.9 Å². The normalized spacial score (nSPS) is 17.0. The van der Waals surface area contributed by atoms with Crippen molar-refractivity contribution in [2.24, 2.45) is 0 Å². The van der Waals surface area contributed by atoms with Crippen LogP contribution < -0.4 is 0 Å². The highest BCUT2D eigenvalue weighted by molar-refractivity contribution is 5.97. The lowest BCUT2D eigenvalue weighted by Gasteiger charge is -2.32. The molecule has 0 unspecified atom stereocenters. The van der Waals surface area contributed by atoms with Crippen LogP contribution in [0.5, 0.6) is 0 Å². The summed E-state index contributed by atoms with van der Waals surface area (Å²) in [5.74, 6) is -0.611. The van der Waals surface area contributed by atoms with Gasteiger partial charge in [-0.1, -0.05) is 13.8 Å². The summed E-state index contributed by atoms with van der Waals surface area (Å²) >= 11 is 0. The molecule has 3 heterocycles. The van der Waals surface area contributed by atoms with Crippen LogP contribution in [0.1, 0.15) is 53.0 Å². The maximum absolute atomic E-state index is 12.9. The Bertz CT molecular complexity index is 799. The van der Waals surface area contributed by atoms with Crippen molar-refractivity contribution in [3.63, 3.8) is 0 Å². The molecule has 0 fully saturated rings. The molecule has 3 rings (SSSR count). The van der Waals surface area contributed by atoms with Gasteiger partial charge in [0.15, 0.2) is 0 Å². The zero-order chi connectivity index (χ0) is 17.4. The minimum absolute atomic E-state index is 0.155. The van der Waals surface area contributed by atoms with Gasteiger partial charge in [-0.2, -0.15) is 0 Å². The lowest BCUT2D eigenvalue weighted by molar-refractivity contribution is -0.142. The van der Waals surface area contributed by atoms with Crippen molar-refractivity contribution in [1.29, 1.82) is 0 Å². The Hall–Kier alpha value is -2.77. The molecule has 8 nitrogen and oxygen atoms in total. The van der Waals surface area contributed by atoms with Crippen LogP contribution in [0.3, 0.4) is 0 Å². The second-order valence-electron chi connectivity index (χ2n) is 6.20. The number of carboxylic acid groups (broad SMARTS) is 1. The Morgan fingerprint density at radius 1 is 1.38 bits per heavy atom. The Morgan fingerprint density at radius 3 is 2.75 bits per heavy atom. The van der Waals surface area contributed by atoms with Crippen LogP contribution in [0.2, 0.25) is 0 Å². The highest BCUT2D eigenvalue weighted by Crippen LogP contribution is 2.24. The summed E-state index contributed by atoms with van der Waals surface area (Å²) in [5.41, 5.74) is 2.33. The molecule has 0 aliphatic carbocycles. The number of aryl methyl sites for hydroxylation is 1. The molecule has 0 aromatic carbocycles. The van der Waals surface area contributed by atoms with Crippen molar-refractivity contribution in [1.82, 2.24) is 24.8 Å². The number of aromatic amines is 1. The highest BCUT2D eigenvalue weighted by Gasteiger charge is 2.37. The van der Waals surface area contributed by atoms with Crippen LogP contribution in [-0.4, -0.2) is 47.9 Å². The van der Waals surface area contributed by atoms with Crippen LogP contribution in [-0.2, 0) is 17.8 Å². The molecule has 24 heavy (non-hydrogen) atoms. The Kier molecular flexibility index (Phi) is 4.04. The lowest BCUT2D eigenvalue weighted by atomic mass is 10.0. The molecular weight excluding hydrogens is 310 g/mol. The standard InChI is InChI=1S/C16H19N5O3/c1-8(2)14-17-5-10(9(3)20-14)15(22)21-6-12-11(18-7-19-12)4-13(21)16(23)24/h5,7-8,13H,4,6H2,1-3H3,(H,18,19)(H,23,24)/t13-/m0/s1. The van der Waals surface area contributed by atoms with Gasteiger partial charge in [0.25, 0.3) is 5.91 Å². The number of aliphatic carboxylic acids is 1. The summed E-state index contributed by atoms with van der Waals surface area (Å²) in [6, 6.07) is -0.947. The van der Waals surface area contributed by atoms with Gasteiger partial charge in [-0.3, -0.25) is 4.79 Å². The van der Waals surface area contributed by atoms with E-state index in [0.717, 1.165) is 5.69 Å². The molecule has 0 bridgehead atoms. The molecule has 2 aromatic heterocycles. The fourth-order valence-corrected chi connectivity index (χ4v) is 2.80. The first kappa shape index (κ1) is 16.1. The predicted molar refractivity (Wildman–Crippen MR) is 84.4 cm³/mol. The molecule has 0 saturated carbocycles. The monoisotopic (exact) mass is 329 g/mol. The maximum atomic E-state index is 12.9. The van der Waals surface area contributed by atoms with Crippen LogP contribution in [0.25, 0.3) is 0 Å². The zero-order valence-electron chi connectivity index (χ0n) is 13.8. The first-order chi connectivity index (χ1) is 11.4. The van der Waals surface area contributed by atoms with Crippen LogP contribution in [0, 0.1) is 6.92 Å². The largest absolute Gasteiger partial charge is 0.480 e. The number of hydrogen-bond donors (Lipinski definition) is 2. The van der Waals surface area contributed by atoms with Crippen LogP contribution in [0.4, 0.5) is 0 Å². The van der Waals surface area contributed by atoms with Gasteiger partial charge in [0.1, 0.15) is 11.9 Å². The zero-order valence-corrected chi connectivity index (χ0v) is 13.8. The quantitative estimate of drug-likeness (QED) is 0.877. The van der Waals surface area contributed by atoms with E-state index in [1.165, 1.54) is 17.4 Å². The van der Waals surface area contributed by atoms with E-state index in [2.05, 4.69) is 19.9 Å². The van der Waals surface area contributed by atoms with E-state index in [1.807, 2.05) is 13.8 Å². The molecule has 0 radical (unpaired) electrons. The number of fused-ring (bicyclic) bond motifs is 1. The summed E-state index contributed by atoms with van der Waals surface area (Å²) in [7, 11) is 0. The van der Waals surface area contributed by atoms with Crippen molar-refractivity contribution in [3.05, 3.63) is 41.0 Å². The number of rotatable bonds is 3. The van der Waals surface area contributed by atoms with Gasteiger partial charge in [-0.25, -0.2) is 19.7 Å². The third kappa shape index (κ3) is 2.75. The van der Waals surface area contributed by atoms with E-state index in [-0.39, 0.29) is 24.8 Å². The van der Waals surface area contributed by atoms with Gasteiger partial charge >= 0.3 is 5.97 Å². The average Bonchev–Trinajstić information content (AvgIpc) is 3.00. The summed E-state index contributed by atoms with van der Waals surface area (Å²) in [6.07, 6.45) is 3.19.